The van der Waals surface area contributed by atoms with E-state index in [4.69, 9.17) is 14.7 Å². The molecule has 6 heteroatoms. The van der Waals surface area contributed by atoms with Gasteiger partial charge in [0.25, 0.3) is 0 Å². The minimum absolute atomic E-state index is 0.118. The number of carbonyl (C=O) groups excluding carboxylic acids is 1. The molecule has 0 fully saturated rings. The van der Waals surface area contributed by atoms with Crippen molar-refractivity contribution < 1.29 is 14.3 Å². The molecule has 2 aromatic carbocycles. The molecular weight excluding hydrogens is 306 g/mol. The summed E-state index contributed by atoms with van der Waals surface area (Å²) in [5.41, 5.74) is 2.28. The molecule has 0 radical (unpaired) electrons. The number of ether oxygens (including phenoxy) is 2. The minimum atomic E-state index is -0.118. The number of benzene rings is 2. The topological polar surface area (TPSA) is 74.6 Å². The number of nitrogens with zero attached hydrogens (tertiary/aromatic N) is 2. The Kier molecular flexibility index (Phi) is 4.64. The summed E-state index contributed by atoms with van der Waals surface area (Å²) in [5.74, 6) is 1.20. The van der Waals surface area contributed by atoms with Gasteiger partial charge in [-0.1, -0.05) is 12.1 Å². The maximum absolute atomic E-state index is 12.2. The Labute approximate surface area is 140 Å². The zero-order chi connectivity index (χ0) is 16.9. The van der Waals surface area contributed by atoms with E-state index in [1.165, 1.54) is 0 Å². The summed E-state index contributed by atoms with van der Waals surface area (Å²) in [6, 6.07) is 14.8. The van der Waals surface area contributed by atoms with Crippen molar-refractivity contribution in [1.29, 1.82) is 5.26 Å². The van der Waals surface area contributed by atoms with Gasteiger partial charge in [0, 0.05) is 18.3 Å². The van der Waals surface area contributed by atoms with E-state index in [1.807, 2.05) is 30.1 Å². The number of fused-ring (bicyclic) bond motifs is 1. The largest absolute Gasteiger partial charge is 0.454 e. The summed E-state index contributed by atoms with van der Waals surface area (Å²) in [6.07, 6.45) is 0. The predicted octanol–water partition coefficient (Wildman–Crippen LogP) is 2.36. The molecule has 0 atom stereocenters. The Hall–Kier alpha value is -3.04. The molecule has 1 N–H and O–H groups in total. The number of nitriles is 1. The van der Waals surface area contributed by atoms with E-state index in [9.17, 15) is 4.79 Å². The van der Waals surface area contributed by atoms with Crippen LogP contribution in [0.4, 0.5) is 5.69 Å². The second kappa shape index (κ2) is 7.02. The Morgan fingerprint density at radius 1 is 1.25 bits per heavy atom. The van der Waals surface area contributed by atoms with Crippen LogP contribution in [0.3, 0.4) is 0 Å². The second-order valence-corrected chi connectivity index (χ2v) is 5.60. The van der Waals surface area contributed by atoms with Gasteiger partial charge in [-0.05, 0) is 36.9 Å². The van der Waals surface area contributed by atoms with Crippen LogP contribution in [0, 0.1) is 11.3 Å². The van der Waals surface area contributed by atoms with Gasteiger partial charge in [-0.25, -0.2) is 0 Å². The van der Waals surface area contributed by atoms with Gasteiger partial charge in [-0.2, -0.15) is 5.26 Å². The first kappa shape index (κ1) is 15.8. The zero-order valence-electron chi connectivity index (χ0n) is 13.3. The first-order valence-electron chi connectivity index (χ1n) is 7.51. The van der Waals surface area contributed by atoms with Crippen LogP contribution < -0.4 is 14.8 Å². The van der Waals surface area contributed by atoms with Crippen molar-refractivity contribution in [3.63, 3.8) is 0 Å². The molecule has 1 amide bonds. The Balaban J connectivity index is 1.55. The fraction of sp³-hybridized carbons (Fsp3) is 0.222. The van der Waals surface area contributed by atoms with E-state index in [1.54, 1.807) is 24.3 Å². The number of nitrogens with one attached hydrogen (secondary N) is 1. The van der Waals surface area contributed by atoms with Crippen LogP contribution in [0.25, 0.3) is 0 Å². The number of amides is 1. The molecule has 0 spiro atoms. The molecule has 1 heterocycles. The lowest BCUT2D eigenvalue weighted by atomic mass is 10.1. The summed E-state index contributed by atoms with van der Waals surface area (Å²) < 4.78 is 10.5. The highest BCUT2D eigenvalue weighted by Gasteiger charge is 2.14. The average Bonchev–Trinajstić information content (AvgIpc) is 3.02. The van der Waals surface area contributed by atoms with Crippen LogP contribution in [0.5, 0.6) is 11.5 Å². The number of carbonyl (C=O) groups is 1. The van der Waals surface area contributed by atoms with Gasteiger partial charge in [-0.15, -0.1) is 0 Å². The Morgan fingerprint density at radius 3 is 2.92 bits per heavy atom. The number of hydrogen-bond donors (Lipinski definition) is 1. The highest BCUT2D eigenvalue weighted by molar-refractivity contribution is 5.92. The quantitative estimate of drug-likeness (QED) is 0.914. The second-order valence-electron chi connectivity index (χ2n) is 5.60. The van der Waals surface area contributed by atoms with Crippen LogP contribution in [-0.4, -0.2) is 31.2 Å². The highest BCUT2D eigenvalue weighted by atomic mass is 16.7. The summed E-state index contributed by atoms with van der Waals surface area (Å²) in [5, 5.41) is 11.8. The lowest BCUT2D eigenvalue weighted by Gasteiger charge is -2.16. The van der Waals surface area contributed by atoms with Crippen LogP contribution in [0.2, 0.25) is 0 Å². The summed E-state index contributed by atoms with van der Waals surface area (Å²) >= 11 is 0. The summed E-state index contributed by atoms with van der Waals surface area (Å²) in [6.45, 7) is 1.03. The fourth-order valence-electron chi connectivity index (χ4n) is 2.53. The van der Waals surface area contributed by atoms with Gasteiger partial charge in [0.2, 0.25) is 12.7 Å². The van der Waals surface area contributed by atoms with E-state index >= 15 is 0 Å². The maximum atomic E-state index is 12.2. The van der Waals surface area contributed by atoms with Crippen LogP contribution >= 0.6 is 0 Å². The van der Waals surface area contributed by atoms with Gasteiger partial charge >= 0.3 is 0 Å². The molecule has 0 saturated heterocycles. The molecule has 0 saturated carbocycles. The third-order valence-corrected chi connectivity index (χ3v) is 3.58. The zero-order valence-corrected chi connectivity index (χ0v) is 13.3. The third kappa shape index (κ3) is 3.83. The van der Waals surface area contributed by atoms with E-state index in [0.29, 0.717) is 29.3 Å². The summed E-state index contributed by atoms with van der Waals surface area (Å²) in [4.78, 5) is 14.0. The number of hydrogen-bond acceptors (Lipinski definition) is 5. The van der Waals surface area contributed by atoms with Crippen molar-refractivity contribution in [2.75, 3.05) is 25.7 Å². The lowest BCUT2D eigenvalue weighted by molar-refractivity contribution is -0.117. The standard InChI is InChI=1S/C18H17N3O3/c1-21(10-14-4-2-3-13(7-14)9-19)11-18(22)20-15-5-6-16-17(8-15)24-12-23-16/h2-8H,10-12H2,1H3,(H,20,22). The first-order chi connectivity index (χ1) is 11.6. The van der Waals surface area contributed by atoms with Gasteiger partial charge < -0.3 is 14.8 Å². The molecule has 0 aliphatic carbocycles. The van der Waals surface area contributed by atoms with E-state index in [-0.39, 0.29) is 19.2 Å². The van der Waals surface area contributed by atoms with Gasteiger partial charge in [0.1, 0.15) is 0 Å². The minimum Gasteiger partial charge on any atom is -0.454 e. The molecule has 3 rings (SSSR count). The normalized spacial score (nSPS) is 12.0. The molecule has 0 bridgehead atoms. The molecule has 1 aliphatic heterocycles. The molecule has 24 heavy (non-hydrogen) atoms. The fourth-order valence-corrected chi connectivity index (χ4v) is 2.53. The first-order valence-corrected chi connectivity index (χ1v) is 7.51. The molecule has 1 aliphatic rings. The molecule has 0 aromatic heterocycles. The number of anilines is 1. The number of likely N-dealkylation sites (N-methyl/N-ethyl adjacent to an activating group) is 1. The molecule has 2 aromatic rings. The maximum Gasteiger partial charge on any atom is 0.238 e. The Bertz CT molecular complexity index is 798. The molecule has 122 valence electrons. The molecule has 6 nitrogen and oxygen atoms in total. The highest BCUT2D eigenvalue weighted by Crippen LogP contribution is 2.34. The predicted molar refractivity (Wildman–Crippen MR) is 88.7 cm³/mol. The van der Waals surface area contributed by atoms with Gasteiger partial charge in [0.05, 0.1) is 18.2 Å². The lowest BCUT2D eigenvalue weighted by Crippen LogP contribution is -2.29. The summed E-state index contributed by atoms with van der Waals surface area (Å²) in [7, 11) is 1.86. The van der Waals surface area contributed by atoms with Crippen molar-refractivity contribution in [2.45, 2.75) is 6.54 Å². The number of rotatable bonds is 5. The third-order valence-electron chi connectivity index (χ3n) is 3.58. The van der Waals surface area contributed by atoms with Gasteiger partial charge in [0.15, 0.2) is 11.5 Å². The van der Waals surface area contributed by atoms with Crippen LogP contribution in [0.15, 0.2) is 42.5 Å². The van der Waals surface area contributed by atoms with Gasteiger partial charge in [-0.3, -0.25) is 9.69 Å². The van der Waals surface area contributed by atoms with Crippen molar-refractivity contribution >= 4 is 11.6 Å². The average molecular weight is 323 g/mol. The van der Waals surface area contributed by atoms with E-state index in [2.05, 4.69) is 11.4 Å². The van der Waals surface area contributed by atoms with E-state index < -0.39 is 0 Å². The van der Waals surface area contributed by atoms with E-state index in [0.717, 1.165) is 5.56 Å². The Morgan fingerprint density at radius 2 is 2.08 bits per heavy atom. The molecule has 0 unspecified atom stereocenters. The van der Waals surface area contributed by atoms with Crippen LogP contribution in [0.1, 0.15) is 11.1 Å². The van der Waals surface area contributed by atoms with Crippen LogP contribution in [-0.2, 0) is 11.3 Å². The monoisotopic (exact) mass is 323 g/mol. The van der Waals surface area contributed by atoms with Crippen molar-refractivity contribution in [3.8, 4) is 17.6 Å². The van der Waals surface area contributed by atoms with Crippen molar-refractivity contribution in [2.24, 2.45) is 0 Å². The SMILES string of the molecule is CN(CC(=O)Nc1ccc2c(c1)OCO2)Cc1cccc(C#N)c1. The van der Waals surface area contributed by atoms with Crippen molar-refractivity contribution in [3.05, 3.63) is 53.6 Å². The molecular formula is C18H17N3O3. The smallest absolute Gasteiger partial charge is 0.238 e. The van der Waals surface area contributed by atoms with Crippen molar-refractivity contribution in [1.82, 2.24) is 4.90 Å².